The number of halogens is 7. The van der Waals surface area contributed by atoms with Crippen LogP contribution in [0.25, 0.3) is 0 Å². The molecule has 0 bridgehead atoms. The van der Waals surface area contributed by atoms with Crippen LogP contribution in [0.15, 0.2) is 42.5 Å². The van der Waals surface area contributed by atoms with Crippen molar-refractivity contribution in [2.75, 3.05) is 5.32 Å². The molecule has 0 saturated heterocycles. The van der Waals surface area contributed by atoms with Gasteiger partial charge in [-0.3, -0.25) is 9.59 Å². The molecule has 1 N–H and O–H groups in total. The quantitative estimate of drug-likeness (QED) is 0.342. The molecule has 2 unspecified atom stereocenters. The van der Waals surface area contributed by atoms with Gasteiger partial charge in [-0.25, -0.2) is 0 Å². The highest BCUT2D eigenvalue weighted by Crippen LogP contribution is 2.65. The van der Waals surface area contributed by atoms with Crippen molar-refractivity contribution in [2.45, 2.75) is 29.3 Å². The number of rotatable bonds is 6. The number of amides is 1. The van der Waals surface area contributed by atoms with E-state index in [0.29, 0.717) is 15.6 Å². The van der Waals surface area contributed by atoms with E-state index >= 15 is 0 Å². The molecular formula is C20H14Cl4F3NO2. The van der Waals surface area contributed by atoms with Crippen LogP contribution < -0.4 is 5.32 Å². The summed E-state index contributed by atoms with van der Waals surface area (Å²) in [5.41, 5.74) is 0.916. The molecule has 2 aromatic rings. The first kappa shape index (κ1) is 23.2. The summed E-state index contributed by atoms with van der Waals surface area (Å²) in [5.74, 6) is -2.53. The van der Waals surface area contributed by atoms with Crippen LogP contribution >= 0.6 is 46.4 Å². The topological polar surface area (TPSA) is 46.2 Å². The second-order valence-electron chi connectivity index (χ2n) is 6.94. The van der Waals surface area contributed by atoms with E-state index < -0.39 is 46.9 Å². The van der Waals surface area contributed by atoms with Crippen LogP contribution in [0.2, 0.25) is 10.0 Å². The second-order valence-corrected chi connectivity index (χ2v) is 9.26. The molecule has 10 heteroatoms. The van der Waals surface area contributed by atoms with Crippen LogP contribution in [-0.2, 0) is 4.79 Å². The molecule has 1 fully saturated rings. The van der Waals surface area contributed by atoms with E-state index in [1.54, 1.807) is 12.1 Å². The van der Waals surface area contributed by atoms with Crippen LogP contribution in [0, 0.1) is 5.92 Å². The van der Waals surface area contributed by atoms with Gasteiger partial charge < -0.3 is 5.32 Å². The molecule has 160 valence electrons. The Bertz CT molecular complexity index is 974. The minimum Gasteiger partial charge on any atom is -0.326 e. The average Bonchev–Trinajstić information content (AvgIpc) is 3.21. The summed E-state index contributed by atoms with van der Waals surface area (Å²) >= 11 is 24.6. The molecule has 3 rings (SSSR count). The number of hydrogen-bond acceptors (Lipinski definition) is 2. The smallest absolute Gasteiger partial charge is 0.326 e. The Morgan fingerprint density at radius 2 is 1.67 bits per heavy atom. The van der Waals surface area contributed by atoms with Crippen molar-refractivity contribution in [2.24, 2.45) is 5.92 Å². The van der Waals surface area contributed by atoms with Gasteiger partial charge in [-0.2, -0.15) is 13.2 Å². The monoisotopic (exact) mass is 497 g/mol. The minimum atomic E-state index is -4.42. The summed E-state index contributed by atoms with van der Waals surface area (Å²) in [6.07, 6.45) is -6.31. The molecule has 1 aliphatic rings. The van der Waals surface area contributed by atoms with Crippen molar-refractivity contribution in [1.82, 2.24) is 0 Å². The van der Waals surface area contributed by atoms with Crippen molar-refractivity contribution in [3.63, 3.8) is 0 Å². The number of carbonyl (C=O) groups is 2. The predicted molar refractivity (Wildman–Crippen MR) is 112 cm³/mol. The van der Waals surface area contributed by atoms with E-state index in [2.05, 4.69) is 5.32 Å². The second kappa shape index (κ2) is 8.58. The number of anilines is 1. The van der Waals surface area contributed by atoms with Gasteiger partial charge in [0.2, 0.25) is 5.91 Å². The Morgan fingerprint density at radius 3 is 2.27 bits per heavy atom. The number of nitrogens with one attached hydrogen (secondary N) is 1. The normalized spacial score (nSPS) is 20.0. The van der Waals surface area contributed by atoms with Crippen molar-refractivity contribution in [1.29, 1.82) is 0 Å². The summed E-state index contributed by atoms with van der Waals surface area (Å²) in [6.45, 7) is 0. The molecule has 1 aliphatic carbocycles. The molecule has 0 aliphatic heterocycles. The highest BCUT2D eigenvalue weighted by Gasteiger charge is 2.67. The van der Waals surface area contributed by atoms with Crippen LogP contribution in [0.4, 0.5) is 18.9 Å². The summed E-state index contributed by atoms with van der Waals surface area (Å²) in [5, 5.41) is 3.35. The SMILES string of the molecule is O=C(CCC(F)(F)F)c1cccc(NC(=O)C2C(c3cc(Cl)cc(Cl)c3)C2(Cl)Cl)c1. The fourth-order valence-corrected chi connectivity index (χ4v) is 4.58. The van der Waals surface area contributed by atoms with Gasteiger partial charge in [0.1, 0.15) is 4.33 Å². The van der Waals surface area contributed by atoms with Gasteiger partial charge in [0, 0.05) is 33.6 Å². The largest absolute Gasteiger partial charge is 0.389 e. The van der Waals surface area contributed by atoms with Gasteiger partial charge >= 0.3 is 6.18 Å². The van der Waals surface area contributed by atoms with Crippen LogP contribution in [0.3, 0.4) is 0 Å². The summed E-state index contributed by atoms with van der Waals surface area (Å²) in [7, 11) is 0. The Balaban J connectivity index is 1.71. The summed E-state index contributed by atoms with van der Waals surface area (Å²) in [6, 6.07) is 10.4. The van der Waals surface area contributed by atoms with E-state index in [-0.39, 0.29) is 11.3 Å². The third-order valence-corrected chi connectivity index (χ3v) is 6.04. The van der Waals surface area contributed by atoms with Crippen LogP contribution in [-0.4, -0.2) is 22.2 Å². The molecule has 0 heterocycles. The van der Waals surface area contributed by atoms with E-state index in [1.807, 2.05) is 0 Å². The van der Waals surface area contributed by atoms with E-state index in [0.717, 1.165) is 0 Å². The Morgan fingerprint density at radius 1 is 1.03 bits per heavy atom. The highest BCUT2D eigenvalue weighted by atomic mass is 35.5. The van der Waals surface area contributed by atoms with Crippen molar-refractivity contribution >= 4 is 63.8 Å². The van der Waals surface area contributed by atoms with Crippen molar-refractivity contribution in [3.05, 3.63) is 63.6 Å². The van der Waals surface area contributed by atoms with Crippen molar-refractivity contribution in [3.8, 4) is 0 Å². The fraction of sp³-hybridized carbons (Fsp3) is 0.300. The molecule has 30 heavy (non-hydrogen) atoms. The Labute approximate surface area is 190 Å². The lowest BCUT2D eigenvalue weighted by Gasteiger charge is -2.08. The molecule has 0 aromatic heterocycles. The van der Waals surface area contributed by atoms with Gasteiger partial charge in [-0.05, 0) is 35.9 Å². The zero-order valence-electron chi connectivity index (χ0n) is 15.1. The number of alkyl halides is 5. The lowest BCUT2D eigenvalue weighted by molar-refractivity contribution is -0.133. The maximum atomic E-state index is 12.7. The average molecular weight is 499 g/mol. The summed E-state index contributed by atoms with van der Waals surface area (Å²) < 4.78 is 35.6. The van der Waals surface area contributed by atoms with E-state index in [1.165, 1.54) is 30.3 Å². The number of benzene rings is 2. The Hall–Kier alpha value is -1.47. The van der Waals surface area contributed by atoms with Gasteiger partial charge in [-0.15, -0.1) is 23.2 Å². The first-order valence-electron chi connectivity index (χ1n) is 8.73. The van der Waals surface area contributed by atoms with Crippen LogP contribution in [0.1, 0.15) is 34.7 Å². The Kier molecular flexibility index (Phi) is 6.63. The maximum Gasteiger partial charge on any atom is 0.389 e. The molecule has 0 spiro atoms. The highest BCUT2D eigenvalue weighted by molar-refractivity contribution is 6.53. The zero-order valence-corrected chi connectivity index (χ0v) is 18.1. The van der Waals surface area contributed by atoms with Gasteiger partial charge in [0.05, 0.1) is 12.3 Å². The molecule has 3 nitrogen and oxygen atoms in total. The standard InChI is InChI=1S/C20H14Cl4F3NO2/c21-12-6-11(7-13(22)9-12)16-17(20(16,23)24)18(30)28-14-3-1-2-10(8-14)15(29)4-5-19(25,26)27/h1-3,6-9,16-17H,4-5H2,(H,28,30). The molecule has 2 atom stereocenters. The first-order chi connectivity index (χ1) is 13.9. The zero-order chi connectivity index (χ0) is 22.3. The molecule has 0 radical (unpaired) electrons. The number of ketones is 1. The van der Waals surface area contributed by atoms with E-state index in [4.69, 9.17) is 46.4 Å². The predicted octanol–water partition coefficient (Wildman–Crippen LogP) is 7.04. The molecule has 1 amide bonds. The first-order valence-corrected chi connectivity index (χ1v) is 10.2. The third-order valence-electron chi connectivity index (χ3n) is 4.67. The van der Waals surface area contributed by atoms with Gasteiger partial charge in [0.15, 0.2) is 5.78 Å². The molecule has 2 aromatic carbocycles. The van der Waals surface area contributed by atoms with Crippen LogP contribution in [0.5, 0.6) is 0 Å². The lowest BCUT2D eigenvalue weighted by Crippen LogP contribution is -2.17. The fourth-order valence-electron chi connectivity index (χ4n) is 3.21. The van der Waals surface area contributed by atoms with Gasteiger partial charge in [0.25, 0.3) is 0 Å². The number of Topliss-reactive ketones (excluding diaryl/α,β-unsaturated/α-hetero) is 1. The number of carbonyl (C=O) groups excluding carboxylic acids is 2. The molecular weight excluding hydrogens is 485 g/mol. The van der Waals surface area contributed by atoms with Crippen molar-refractivity contribution < 1.29 is 22.8 Å². The third kappa shape index (κ3) is 5.41. The van der Waals surface area contributed by atoms with E-state index in [9.17, 15) is 22.8 Å². The lowest BCUT2D eigenvalue weighted by atomic mass is 10.1. The number of hydrogen-bond donors (Lipinski definition) is 1. The van der Waals surface area contributed by atoms with Gasteiger partial charge in [-0.1, -0.05) is 35.3 Å². The molecule has 1 saturated carbocycles. The minimum absolute atomic E-state index is 0.0639. The maximum absolute atomic E-state index is 12.7. The summed E-state index contributed by atoms with van der Waals surface area (Å²) in [4.78, 5) is 24.7.